The lowest BCUT2D eigenvalue weighted by atomic mass is 10.0. The highest BCUT2D eigenvalue weighted by Crippen LogP contribution is 2.27. The van der Waals surface area contributed by atoms with E-state index in [9.17, 15) is 4.79 Å². The van der Waals surface area contributed by atoms with Crippen molar-refractivity contribution in [1.82, 2.24) is 0 Å². The number of anilines is 1. The maximum atomic E-state index is 12.0. The van der Waals surface area contributed by atoms with Gasteiger partial charge in [-0.05, 0) is 23.8 Å². The smallest absolute Gasteiger partial charge is 0.226 e. The lowest BCUT2D eigenvalue weighted by molar-refractivity contribution is -0.116. The van der Waals surface area contributed by atoms with Crippen molar-refractivity contribution in [2.75, 3.05) is 12.4 Å². The summed E-state index contributed by atoms with van der Waals surface area (Å²) in [6, 6.07) is 14.3. The van der Waals surface area contributed by atoms with Gasteiger partial charge in [0.25, 0.3) is 0 Å². The number of hydrogen-bond donors (Lipinski definition) is 2. The minimum atomic E-state index is -0.333. The number of amides is 1. The molecule has 2 aromatic carbocycles. The van der Waals surface area contributed by atoms with E-state index in [-0.39, 0.29) is 18.4 Å². The summed E-state index contributed by atoms with van der Waals surface area (Å²) in [4.78, 5) is 12.0. The van der Waals surface area contributed by atoms with Crippen LogP contribution in [0.25, 0.3) is 0 Å². The van der Waals surface area contributed by atoms with Crippen LogP contribution < -0.4 is 15.8 Å². The molecule has 0 saturated carbocycles. The van der Waals surface area contributed by atoms with E-state index in [2.05, 4.69) is 5.32 Å². The molecule has 2 aromatic rings. The number of carbonyl (C=O) groups excluding carboxylic acids is 1. The van der Waals surface area contributed by atoms with E-state index < -0.39 is 0 Å². The van der Waals surface area contributed by atoms with Crippen LogP contribution in [-0.4, -0.2) is 13.0 Å². The Kier molecular flexibility index (Phi) is 5.20. The highest BCUT2D eigenvalue weighted by Gasteiger charge is 2.12. The fraction of sp³-hybridized carbons (Fsp3) is 0.188. The Hall–Kier alpha value is -2.04. The molecular formula is C16H17ClN2O2. The lowest BCUT2D eigenvalue weighted by Crippen LogP contribution is -2.20. The summed E-state index contributed by atoms with van der Waals surface area (Å²) in [7, 11) is 1.54. The first-order chi connectivity index (χ1) is 10.1. The minimum Gasteiger partial charge on any atom is -0.495 e. The van der Waals surface area contributed by atoms with Crippen LogP contribution in [0.1, 0.15) is 18.0 Å². The third-order valence-electron chi connectivity index (χ3n) is 3.07. The number of nitrogens with one attached hydrogen (secondary N) is 1. The van der Waals surface area contributed by atoms with Gasteiger partial charge >= 0.3 is 0 Å². The Balaban J connectivity index is 1.97. The van der Waals surface area contributed by atoms with Crippen LogP contribution >= 0.6 is 11.6 Å². The second-order valence-electron chi connectivity index (χ2n) is 4.62. The minimum absolute atomic E-state index is 0.160. The zero-order valence-corrected chi connectivity index (χ0v) is 12.4. The Morgan fingerprint density at radius 3 is 2.62 bits per heavy atom. The standard InChI is InChI=1S/C16H17ClN2O2/c1-21-15-8-7-12(9-13(15)17)19-16(20)10-14(18)11-5-3-2-4-6-11/h2-9,14H,10,18H2,1H3,(H,19,20). The van der Waals surface area contributed by atoms with Gasteiger partial charge in [0, 0.05) is 18.2 Å². The highest BCUT2D eigenvalue weighted by atomic mass is 35.5. The van der Waals surface area contributed by atoms with Crippen molar-refractivity contribution in [2.45, 2.75) is 12.5 Å². The Morgan fingerprint density at radius 1 is 1.29 bits per heavy atom. The Bertz CT molecular complexity index is 617. The maximum Gasteiger partial charge on any atom is 0.226 e. The third-order valence-corrected chi connectivity index (χ3v) is 3.36. The SMILES string of the molecule is COc1ccc(NC(=O)CC(N)c2ccccc2)cc1Cl. The van der Waals surface area contributed by atoms with Crippen LogP contribution in [0.5, 0.6) is 5.75 Å². The van der Waals surface area contributed by atoms with Gasteiger partial charge in [0.05, 0.1) is 12.1 Å². The van der Waals surface area contributed by atoms with Gasteiger partial charge in [0.1, 0.15) is 5.75 Å². The topological polar surface area (TPSA) is 64.3 Å². The van der Waals surface area contributed by atoms with E-state index in [1.807, 2.05) is 30.3 Å². The molecule has 2 rings (SSSR count). The molecular weight excluding hydrogens is 288 g/mol. The second kappa shape index (κ2) is 7.11. The van der Waals surface area contributed by atoms with Crippen LogP contribution in [0.2, 0.25) is 5.02 Å². The van der Waals surface area contributed by atoms with E-state index in [0.29, 0.717) is 16.5 Å². The van der Waals surface area contributed by atoms with E-state index in [0.717, 1.165) is 5.56 Å². The van der Waals surface area contributed by atoms with Crippen molar-refractivity contribution in [3.05, 3.63) is 59.1 Å². The number of ether oxygens (including phenoxy) is 1. The van der Waals surface area contributed by atoms with Gasteiger partial charge in [0.15, 0.2) is 0 Å². The molecule has 1 amide bonds. The van der Waals surface area contributed by atoms with E-state index in [1.54, 1.807) is 25.3 Å². The number of benzene rings is 2. The van der Waals surface area contributed by atoms with Gasteiger partial charge in [-0.2, -0.15) is 0 Å². The number of rotatable bonds is 5. The molecule has 4 nitrogen and oxygen atoms in total. The zero-order chi connectivity index (χ0) is 15.2. The largest absolute Gasteiger partial charge is 0.495 e. The summed E-state index contributed by atoms with van der Waals surface area (Å²) in [5, 5.41) is 3.22. The first-order valence-electron chi connectivity index (χ1n) is 6.54. The molecule has 0 heterocycles. The average Bonchev–Trinajstić information content (AvgIpc) is 2.48. The Morgan fingerprint density at radius 2 is 2.00 bits per heavy atom. The third kappa shape index (κ3) is 4.21. The van der Waals surface area contributed by atoms with Crippen LogP contribution in [0.3, 0.4) is 0 Å². The highest BCUT2D eigenvalue weighted by molar-refractivity contribution is 6.32. The van der Waals surface area contributed by atoms with Gasteiger partial charge in [-0.25, -0.2) is 0 Å². The molecule has 0 saturated heterocycles. The number of hydrogen-bond acceptors (Lipinski definition) is 3. The van der Waals surface area contributed by atoms with Crippen molar-refractivity contribution >= 4 is 23.2 Å². The molecule has 1 unspecified atom stereocenters. The van der Waals surface area contributed by atoms with Gasteiger partial charge < -0.3 is 15.8 Å². The van der Waals surface area contributed by atoms with Crippen LogP contribution in [0.4, 0.5) is 5.69 Å². The molecule has 0 aliphatic carbocycles. The molecule has 0 aliphatic rings. The molecule has 0 aliphatic heterocycles. The van der Waals surface area contributed by atoms with Crippen molar-refractivity contribution in [1.29, 1.82) is 0 Å². The number of nitrogens with two attached hydrogens (primary N) is 1. The summed E-state index contributed by atoms with van der Waals surface area (Å²) in [5.41, 5.74) is 7.57. The Labute approximate surface area is 128 Å². The average molecular weight is 305 g/mol. The number of carbonyl (C=O) groups is 1. The van der Waals surface area contributed by atoms with Crippen LogP contribution in [0.15, 0.2) is 48.5 Å². The summed E-state index contributed by atoms with van der Waals surface area (Å²) >= 11 is 6.01. The molecule has 0 bridgehead atoms. The molecule has 0 spiro atoms. The second-order valence-corrected chi connectivity index (χ2v) is 5.03. The summed E-state index contributed by atoms with van der Waals surface area (Å²) in [6.07, 6.45) is 0.202. The quantitative estimate of drug-likeness (QED) is 0.890. The molecule has 1 atom stereocenters. The van der Waals surface area contributed by atoms with Crippen LogP contribution in [0, 0.1) is 0 Å². The van der Waals surface area contributed by atoms with Crippen molar-refractivity contribution in [3.8, 4) is 5.75 Å². The van der Waals surface area contributed by atoms with Gasteiger partial charge in [-0.3, -0.25) is 4.79 Å². The molecule has 0 radical (unpaired) electrons. The van der Waals surface area contributed by atoms with E-state index >= 15 is 0 Å². The van der Waals surface area contributed by atoms with Gasteiger partial charge in [0.2, 0.25) is 5.91 Å². The monoisotopic (exact) mass is 304 g/mol. The van der Waals surface area contributed by atoms with Crippen molar-refractivity contribution in [3.63, 3.8) is 0 Å². The maximum absolute atomic E-state index is 12.0. The van der Waals surface area contributed by atoms with Gasteiger partial charge in [-0.15, -0.1) is 0 Å². The summed E-state index contributed by atoms with van der Waals surface area (Å²) in [6.45, 7) is 0. The number of halogens is 1. The van der Waals surface area contributed by atoms with Crippen molar-refractivity contribution < 1.29 is 9.53 Å². The summed E-state index contributed by atoms with van der Waals surface area (Å²) in [5.74, 6) is 0.406. The molecule has 21 heavy (non-hydrogen) atoms. The fourth-order valence-electron chi connectivity index (χ4n) is 1.97. The first-order valence-corrected chi connectivity index (χ1v) is 6.92. The molecule has 110 valence electrons. The van der Waals surface area contributed by atoms with Crippen LogP contribution in [-0.2, 0) is 4.79 Å². The number of methoxy groups -OCH3 is 1. The fourth-order valence-corrected chi connectivity index (χ4v) is 2.23. The predicted molar refractivity (Wildman–Crippen MR) is 84.6 cm³/mol. The predicted octanol–water partition coefficient (Wildman–Crippen LogP) is 3.38. The van der Waals surface area contributed by atoms with E-state index in [1.165, 1.54) is 0 Å². The molecule has 0 fully saturated rings. The lowest BCUT2D eigenvalue weighted by Gasteiger charge is -2.12. The normalized spacial score (nSPS) is 11.8. The van der Waals surface area contributed by atoms with E-state index in [4.69, 9.17) is 22.1 Å². The summed E-state index contributed by atoms with van der Waals surface area (Å²) < 4.78 is 5.06. The van der Waals surface area contributed by atoms with Crippen molar-refractivity contribution in [2.24, 2.45) is 5.73 Å². The molecule has 0 aromatic heterocycles. The first kappa shape index (κ1) is 15.4. The van der Waals surface area contributed by atoms with Gasteiger partial charge in [-0.1, -0.05) is 41.9 Å². The zero-order valence-electron chi connectivity index (χ0n) is 11.7. The molecule has 5 heteroatoms. The molecule has 3 N–H and O–H groups in total.